The molecule has 2 aromatic heterocycles. The zero-order chi connectivity index (χ0) is 9.59. The fourth-order valence-electron chi connectivity index (χ4n) is 1.52. The molecule has 5 heteroatoms. The lowest BCUT2D eigenvalue weighted by molar-refractivity contribution is 0.206. The summed E-state index contributed by atoms with van der Waals surface area (Å²) in [5.41, 5.74) is 7.16. The molecule has 2 aromatic rings. The SMILES string of the molecule is CNc1cc2c(cc(N)n2O)n1C. The highest BCUT2D eigenvalue weighted by molar-refractivity contribution is 5.85. The van der Waals surface area contributed by atoms with Crippen LogP contribution in [0.2, 0.25) is 0 Å². The highest BCUT2D eigenvalue weighted by Gasteiger charge is 2.11. The third kappa shape index (κ3) is 0.867. The van der Waals surface area contributed by atoms with Gasteiger partial charge in [0.1, 0.15) is 17.2 Å². The maximum Gasteiger partial charge on any atom is 0.142 e. The van der Waals surface area contributed by atoms with Gasteiger partial charge < -0.3 is 20.8 Å². The minimum Gasteiger partial charge on any atom is -0.426 e. The van der Waals surface area contributed by atoms with Crippen LogP contribution in [0.3, 0.4) is 0 Å². The van der Waals surface area contributed by atoms with E-state index in [4.69, 9.17) is 5.73 Å². The van der Waals surface area contributed by atoms with Crippen LogP contribution < -0.4 is 11.1 Å². The lowest BCUT2D eigenvalue weighted by Gasteiger charge is -2.00. The molecule has 2 heterocycles. The van der Waals surface area contributed by atoms with E-state index in [2.05, 4.69) is 5.32 Å². The number of hydrogen-bond acceptors (Lipinski definition) is 3. The first-order valence-electron chi connectivity index (χ1n) is 3.99. The second kappa shape index (κ2) is 2.35. The summed E-state index contributed by atoms with van der Waals surface area (Å²) in [6.45, 7) is 0. The van der Waals surface area contributed by atoms with Crippen LogP contribution in [0.1, 0.15) is 0 Å². The molecule has 70 valence electrons. The number of anilines is 2. The molecule has 0 spiro atoms. The largest absolute Gasteiger partial charge is 0.426 e. The molecule has 0 bridgehead atoms. The molecule has 0 atom stereocenters. The van der Waals surface area contributed by atoms with E-state index in [1.54, 1.807) is 6.07 Å². The first-order chi connectivity index (χ1) is 6.15. The van der Waals surface area contributed by atoms with E-state index in [1.165, 1.54) is 0 Å². The molecule has 2 rings (SSSR count). The van der Waals surface area contributed by atoms with Crippen LogP contribution in [0, 0.1) is 0 Å². The Labute approximate surface area is 75.3 Å². The van der Waals surface area contributed by atoms with Gasteiger partial charge in [-0.25, -0.2) is 0 Å². The summed E-state index contributed by atoms with van der Waals surface area (Å²) >= 11 is 0. The fourth-order valence-corrected chi connectivity index (χ4v) is 1.52. The van der Waals surface area contributed by atoms with Crippen molar-refractivity contribution < 1.29 is 5.21 Å². The zero-order valence-electron chi connectivity index (χ0n) is 7.57. The van der Waals surface area contributed by atoms with Gasteiger partial charge in [0.25, 0.3) is 0 Å². The van der Waals surface area contributed by atoms with Crippen LogP contribution >= 0.6 is 0 Å². The minimum atomic E-state index is 0.350. The van der Waals surface area contributed by atoms with Crippen LogP contribution in [0.15, 0.2) is 12.1 Å². The summed E-state index contributed by atoms with van der Waals surface area (Å²) in [5.74, 6) is 1.29. The molecule has 0 amide bonds. The molecule has 0 fully saturated rings. The van der Waals surface area contributed by atoms with Gasteiger partial charge in [-0.1, -0.05) is 0 Å². The Morgan fingerprint density at radius 3 is 2.62 bits per heavy atom. The number of nitrogens with two attached hydrogens (primary N) is 1. The lowest BCUT2D eigenvalue weighted by Crippen LogP contribution is -1.97. The monoisotopic (exact) mass is 180 g/mol. The summed E-state index contributed by atoms with van der Waals surface area (Å²) in [5, 5.41) is 12.5. The Bertz CT molecular complexity index is 454. The van der Waals surface area contributed by atoms with Gasteiger partial charge in [0.05, 0.1) is 5.52 Å². The molecule has 0 radical (unpaired) electrons. The van der Waals surface area contributed by atoms with E-state index in [9.17, 15) is 5.21 Å². The molecule has 4 N–H and O–H groups in total. The van der Waals surface area contributed by atoms with Gasteiger partial charge in [-0.05, 0) is 0 Å². The van der Waals surface area contributed by atoms with Gasteiger partial charge in [0, 0.05) is 26.2 Å². The van der Waals surface area contributed by atoms with Gasteiger partial charge in [-0.3, -0.25) is 0 Å². The van der Waals surface area contributed by atoms with E-state index in [0.717, 1.165) is 16.1 Å². The van der Waals surface area contributed by atoms with E-state index >= 15 is 0 Å². The van der Waals surface area contributed by atoms with Gasteiger partial charge in [-0.2, -0.15) is 4.73 Å². The van der Waals surface area contributed by atoms with Crippen LogP contribution in [0.4, 0.5) is 11.6 Å². The van der Waals surface area contributed by atoms with Crippen molar-refractivity contribution in [3.8, 4) is 0 Å². The highest BCUT2D eigenvalue weighted by Crippen LogP contribution is 2.25. The predicted octanol–water partition coefficient (Wildman–Crippen LogP) is 0.841. The van der Waals surface area contributed by atoms with Crippen molar-refractivity contribution in [2.45, 2.75) is 0 Å². The quantitative estimate of drug-likeness (QED) is 0.570. The van der Waals surface area contributed by atoms with E-state index < -0.39 is 0 Å². The average molecular weight is 180 g/mol. The summed E-state index contributed by atoms with van der Waals surface area (Å²) in [4.78, 5) is 0. The molecule has 0 aromatic carbocycles. The second-order valence-corrected chi connectivity index (χ2v) is 2.99. The Morgan fingerprint density at radius 2 is 2.08 bits per heavy atom. The first-order valence-corrected chi connectivity index (χ1v) is 3.99. The van der Waals surface area contributed by atoms with Gasteiger partial charge in [0.15, 0.2) is 0 Å². The van der Waals surface area contributed by atoms with Crippen molar-refractivity contribution in [3.05, 3.63) is 12.1 Å². The van der Waals surface area contributed by atoms with E-state index in [1.807, 2.05) is 24.7 Å². The van der Waals surface area contributed by atoms with Crippen LogP contribution in [-0.2, 0) is 7.05 Å². The Hall–Kier alpha value is -1.78. The topological polar surface area (TPSA) is 68.1 Å². The first kappa shape index (κ1) is 7.85. The molecule has 0 saturated heterocycles. The number of fused-ring (bicyclic) bond motifs is 1. The molecular weight excluding hydrogens is 168 g/mol. The standard InChI is InChI=1S/C8H12N4O/c1-10-8-4-6-5(11(8)2)3-7(9)12(6)13/h3-4,10,13H,9H2,1-2H3. The zero-order valence-corrected chi connectivity index (χ0v) is 7.57. The van der Waals surface area contributed by atoms with Crippen LogP contribution in [0.5, 0.6) is 0 Å². The van der Waals surface area contributed by atoms with Crippen molar-refractivity contribution in [2.75, 3.05) is 18.1 Å². The normalized spacial score (nSPS) is 10.9. The molecular formula is C8H12N4O. The Kier molecular flexibility index (Phi) is 1.42. The van der Waals surface area contributed by atoms with Gasteiger partial charge >= 0.3 is 0 Å². The third-order valence-corrected chi connectivity index (χ3v) is 2.27. The van der Waals surface area contributed by atoms with Crippen LogP contribution in [-0.4, -0.2) is 21.6 Å². The molecule has 0 aliphatic carbocycles. The smallest absolute Gasteiger partial charge is 0.142 e. The third-order valence-electron chi connectivity index (χ3n) is 2.27. The average Bonchev–Trinajstić information content (AvgIpc) is 2.56. The summed E-state index contributed by atoms with van der Waals surface area (Å²) < 4.78 is 2.91. The van der Waals surface area contributed by atoms with E-state index in [-0.39, 0.29) is 0 Å². The molecule has 0 aliphatic rings. The number of nitrogen functional groups attached to an aromatic ring is 1. The van der Waals surface area contributed by atoms with Crippen molar-refractivity contribution in [3.63, 3.8) is 0 Å². The fraction of sp³-hybridized carbons (Fsp3) is 0.250. The number of aryl methyl sites for hydroxylation is 1. The number of nitrogens with zero attached hydrogens (tertiary/aromatic N) is 2. The lowest BCUT2D eigenvalue weighted by atomic mass is 10.5. The van der Waals surface area contributed by atoms with Crippen molar-refractivity contribution in [1.82, 2.24) is 9.30 Å². The maximum atomic E-state index is 9.48. The van der Waals surface area contributed by atoms with Crippen molar-refractivity contribution in [1.29, 1.82) is 0 Å². The number of nitrogens with one attached hydrogen (secondary N) is 1. The highest BCUT2D eigenvalue weighted by atomic mass is 16.5. The summed E-state index contributed by atoms with van der Waals surface area (Å²) in [7, 11) is 3.74. The predicted molar refractivity (Wildman–Crippen MR) is 52.1 cm³/mol. The molecule has 0 saturated carbocycles. The number of rotatable bonds is 1. The number of hydrogen-bond donors (Lipinski definition) is 3. The summed E-state index contributed by atoms with van der Waals surface area (Å²) in [6.07, 6.45) is 0. The molecule has 0 aliphatic heterocycles. The van der Waals surface area contributed by atoms with Crippen molar-refractivity contribution in [2.24, 2.45) is 7.05 Å². The number of aromatic nitrogens is 2. The van der Waals surface area contributed by atoms with Crippen LogP contribution in [0.25, 0.3) is 11.0 Å². The maximum absolute atomic E-state index is 9.48. The van der Waals surface area contributed by atoms with Crippen molar-refractivity contribution >= 4 is 22.7 Å². The Balaban J connectivity index is 2.81. The van der Waals surface area contributed by atoms with Gasteiger partial charge in [-0.15, -0.1) is 0 Å². The second-order valence-electron chi connectivity index (χ2n) is 2.99. The van der Waals surface area contributed by atoms with Gasteiger partial charge in [0.2, 0.25) is 0 Å². The van der Waals surface area contributed by atoms with E-state index in [0.29, 0.717) is 11.3 Å². The molecule has 5 nitrogen and oxygen atoms in total. The molecule has 0 unspecified atom stereocenters. The summed E-state index contributed by atoms with van der Waals surface area (Å²) in [6, 6.07) is 3.57. The minimum absolute atomic E-state index is 0.350. The Morgan fingerprint density at radius 1 is 1.38 bits per heavy atom. The molecule has 13 heavy (non-hydrogen) atoms.